The van der Waals surface area contributed by atoms with E-state index >= 15 is 0 Å². The molecule has 0 heterocycles. The van der Waals surface area contributed by atoms with E-state index in [9.17, 15) is 18.0 Å². The summed E-state index contributed by atoms with van der Waals surface area (Å²) in [5.41, 5.74) is 0. The fourth-order valence-corrected chi connectivity index (χ4v) is 0.559. The number of hydrogen-bond acceptors (Lipinski definition) is 1. The summed E-state index contributed by atoms with van der Waals surface area (Å²) in [7, 11) is 0. The van der Waals surface area contributed by atoms with Crippen LogP contribution in [-0.4, -0.2) is 25.3 Å². The standard InChI is InChI=1S/C6H8BrF3N2O/c1-4(7)2-11-5(13)12-3-6(8,9)10/h1-3H2,(H2,11,12,13). The van der Waals surface area contributed by atoms with Crippen LogP contribution in [-0.2, 0) is 0 Å². The van der Waals surface area contributed by atoms with Crippen LogP contribution in [0.15, 0.2) is 11.1 Å². The van der Waals surface area contributed by atoms with Crippen molar-refractivity contribution in [2.45, 2.75) is 6.18 Å². The zero-order valence-electron chi connectivity index (χ0n) is 6.54. The van der Waals surface area contributed by atoms with Gasteiger partial charge in [-0.05, 0) is 0 Å². The van der Waals surface area contributed by atoms with Crippen molar-refractivity contribution in [1.82, 2.24) is 10.6 Å². The zero-order valence-corrected chi connectivity index (χ0v) is 8.13. The van der Waals surface area contributed by atoms with E-state index in [0.29, 0.717) is 4.48 Å². The Morgan fingerprint density at radius 3 is 2.31 bits per heavy atom. The van der Waals surface area contributed by atoms with E-state index in [1.807, 2.05) is 0 Å². The number of amides is 2. The molecule has 0 aliphatic carbocycles. The molecule has 0 aromatic heterocycles. The number of carbonyl (C=O) groups is 1. The Morgan fingerprint density at radius 1 is 1.38 bits per heavy atom. The molecule has 0 aromatic carbocycles. The summed E-state index contributed by atoms with van der Waals surface area (Å²) in [5, 5.41) is 3.80. The lowest BCUT2D eigenvalue weighted by Crippen LogP contribution is -2.41. The number of halogens is 4. The molecule has 2 amide bonds. The molecule has 7 heteroatoms. The van der Waals surface area contributed by atoms with Crippen LogP contribution < -0.4 is 10.6 Å². The maximum atomic E-state index is 11.5. The summed E-state index contributed by atoms with van der Waals surface area (Å²) in [4.78, 5) is 10.6. The van der Waals surface area contributed by atoms with Crippen molar-refractivity contribution < 1.29 is 18.0 Å². The van der Waals surface area contributed by atoms with E-state index in [2.05, 4.69) is 27.8 Å². The summed E-state index contributed by atoms with van der Waals surface area (Å²) in [5.74, 6) is 0. The van der Waals surface area contributed by atoms with Crippen molar-refractivity contribution in [2.75, 3.05) is 13.1 Å². The number of alkyl halides is 3. The molecule has 0 saturated heterocycles. The highest BCUT2D eigenvalue weighted by molar-refractivity contribution is 9.11. The second-order valence-corrected chi connectivity index (χ2v) is 3.29. The van der Waals surface area contributed by atoms with E-state index in [4.69, 9.17) is 0 Å². The second kappa shape index (κ2) is 5.11. The van der Waals surface area contributed by atoms with Crippen LogP contribution >= 0.6 is 15.9 Å². The zero-order chi connectivity index (χ0) is 10.5. The van der Waals surface area contributed by atoms with Crippen LogP contribution in [0.3, 0.4) is 0 Å². The highest BCUT2D eigenvalue weighted by Crippen LogP contribution is 2.11. The third-order valence-electron chi connectivity index (χ3n) is 0.890. The van der Waals surface area contributed by atoms with Gasteiger partial charge in [0, 0.05) is 4.48 Å². The van der Waals surface area contributed by atoms with Gasteiger partial charge in [-0.15, -0.1) is 0 Å². The Hall–Kier alpha value is -0.720. The van der Waals surface area contributed by atoms with Gasteiger partial charge < -0.3 is 10.6 Å². The van der Waals surface area contributed by atoms with Gasteiger partial charge in [0.2, 0.25) is 0 Å². The lowest BCUT2D eigenvalue weighted by Gasteiger charge is -2.08. The maximum Gasteiger partial charge on any atom is 0.405 e. The van der Waals surface area contributed by atoms with Crippen molar-refractivity contribution in [3.05, 3.63) is 11.1 Å². The lowest BCUT2D eigenvalue weighted by molar-refractivity contribution is -0.122. The molecule has 0 aromatic rings. The molecule has 0 saturated carbocycles. The smallest absolute Gasteiger partial charge is 0.334 e. The van der Waals surface area contributed by atoms with E-state index in [1.165, 1.54) is 0 Å². The fourth-order valence-electron chi connectivity index (χ4n) is 0.419. The Kier molecular flexibility index (Phi) is 4.82. The van der Waals surface area contributed by atoms with Gasteiger partial charge in [-0.1, -0.05) is 22.5 Å². The normalized spacial score (nSPS) is 10.8. The number of nitrogens with one attached hydrogen (secondary N) is 2. The second-order valence-electron chi connectivity index (χ2n) is 2.17. The van der Waals surface area contributed by atoms with Crippen molar-refractivity contribution in [1.29, 1.82) is 0 Å². The third kappa shape index (κ3) is 9.19. The van der Waals surface area contributed by atoms with Gasteiger partial charge in [0.25, 0.3) is 0 Å². The van der Waals surface area contributed by atoms with Crippen LogP contribution in [0.5, 0.6) is 0 Å². The molecule has 0 unspecified atom stereocenters. The van der Waals surface area contributed by atoms with Gasteiger partial charge in [-0.25, -0.2) is 4.79 Å². The molecular formula is C6H8BrF3N2O. The average molecular weight is 261 g/mol. The Labute approximate surface area is 81.5 Å². The highest BCUT2D eigenvalue weighted by Gasteiger charge is 2.27. The first-order valence-electron chi connectivity index (χ1n) is 3.23. The number of urea groups is 1. The minimum Gasteiger partial charge on any atom is -0.334 e. The molecule has 2 N–H and O–H groups in total. The van der Waals surface area contributed by atoms with Gasteiger partial charge in [0.1, 0.15) is 6.54 Å². The topological polar surface area (TPSA) is 41.1 Å². The van der Waals surface area contributed by atoms with E-state index in [-0.39, 0.29) is 6.54 Å². The minimum absolute atomic E-state index is 0.0870. The number of carbonyl (C=O) groups excluding carboxylic acids is 1. The van der Waals surface area contributed by atoms with Gasteiger partial charge in [0.05, 0.1) is 6.54 Å². The first kappa shape index (κ1) is 12.3. The summed E-state index contributed by atoms with van der Waals surface area (Å²) >= 11 is 2.93. The summed E-state index contributed by atoms with van der Waals surface area (Å²) in [6.07, 6.45) is -4.39. The predicted octanol–water partition coefficient (Wildman–Crippen LogP) is 1.76. The number of rotatable bonds is 3. The molecule has 3 nitrogen and oxygen atoms in total. The molecular weight excluding hydrogens is 253 g/mol. The SMILES string of the molecule is C=C(Br)CNC(=O)NCC(F)(F)F. The quantitative estimate of drug-likeness (QED) is 0.798. The number of hydrogen-bond donors (Lipinski definition) is 2. The molecule has 0 atom stereocenters. The molecule has 0 spiro atoms. The van der Waals surface area contributed by atoms with Crippen molar-refractivity contribution in [3.63, 3.8) is 0 Å². The Balaban J connectivity index is 3.58. The summed E-state index contributed by atoms with van der Waals surface area (Å²) in [6.45, 7) is 2.14. The summed E-state index contributed by atoms with van der Waals surface area (Å²) < 4.78 is 35.1. The molecule has 13 heavy (non-hydrogen) atoms. The molecule has 76 valence electrons. The van der Waals surface area contributed by atoms with Gasteiger partial charge in [-0.3, -0.25) is 0 Å². The van der Waals surface area contributed by atoms with Crippen LogP contribution in [0.25, 0.3) is 0 Å². The van der Waals surface area contributed by atoms with Crippen LogP contribution in [0.4, 0.5) is 18.0 Å². The Morgan fingerprint density at radius 2 is 1.92 bits per heavy atom. The van der Waals surface area contributed by atoms with Crippen molar-refractivity contribution in [2.24, 2.45) is 0 Å². The summed E-state index contributed by atoms with van der Waals surface area (Å²) in [6, 6.07) is -0.877. The Bertz CT molecular complexity index is 205. The fraction of sp³-hybridized carbons (Fsp3) is 0.500. The first-order chi connectivity index (χ1) is 5.81. The minimum atomic E-state index is -4.39. The molecule has 0 aliphatic heterocycles. The largest absolute Gasteiger partial charge is 0.405 e. The van der Waals surface area contributed by atoms with E-state index in [0.717, 1.165) is 0 Å². The first-order valence-corrected chi connectivity index (χ1v) is 4.02. The van der Waals surface area contributed by atoms with E-state index in [1.54, 1.807) is 5.32 Å². The molecule has 0 fully saturated rings. The van der Waals surface area contributed by atoms with Crippen LogP contribution in [0, 0.1) is 0 Å². The third-order valence-corrected chi connectivity index (χ3v) is 1.17. The molecule has 0 radical (unpaired) electrons. The molecule has 0 bridgehead atoms. The highest BCUT2D eigenvalue weighted by atomic mass is 79.9. The molecule has 0 aliphatic rings. The lowest BCUT2D eigenvalue weighted by atomic mass is 10.6. The maximum absolute atomic E-state index is 11.5. The molecule has 0 rings (SSSR count). The van der Waals surface area contributed by atoms with Crippen LogP contribution in [0.1, 0.15) is 0 Å². The average Bonchev–Trinajstić information content (AvgIpc) is 1.95. The predicted molar refractivity (Wildman–Crippen MR) is 45.5 cm³/mol. The van der Waals surface area contributed by atoms with Crippen molar-refractivity contribution in [3.8, 4) is 0 Å². The monoisotopic (exact) mass is 260 g/mol. The van der Waals surface area contributed by atoms with Crippen molar-refractivity contribution >= 4 is 22.0 Å². The van der Waals surface area contributed by atoms with Gasteiger partial charge in [-0.2, -0.15) is 13.2 Å². The van der Waals surface area contributed by atoms with Gasteiger partial charge in [0.15, 0.2) is 0 Å². The van der Waals surface area contributed by atoms with Gasteiger partial charge >= 0.3 is 12.2 Å². The van der Waals surface area contributed by atoms with E-state index < -0.39 is 18.8 Å². The van der Waals surface area contributed by atoms with Crippen LogP contribution in [0.2, 0.25) is 0 Å².